The van der Waals surface area contributed by atoms with E-state index in [9.17, 15) is 0 Å². The minimum absolute atomic E-state index is 0.261. The van der Waals surface area contributed by atoms with Crippen molar-refractivity contribution in [1.82, 2.24) is 14.7 Å². The van der Waals surface area contributed by atoms with Gasteiger partial charge in [-0.2, -0.15) is 0 Å². The van der Waals surface area contributed by atoms with Crippen LogP contribution in [0.2, 0.25) is 0 Å². The van der Waals surface area contributed by atoms with Gasteiger partial charge in [0.25, 0.3) is 0 Å². The molecule has 3 atom stereocenters. The lowest BCUT2D eigenvalue weighted by Gasteiger charge is -2.28. The lowest BCUT2D eigenvalue weighted by molar-refractivity contribution is 0.0954. The summed E-state index contributed by atoms with van der Waals surface area (Å²) in [5, 5.41) is 0. The third kappa shape index (κ3) is 10.7. The Morgan fingerprint density at radius 3 is 2.00 bits per heavy atom. The van der Waals surface area contributed by atoms with E-state index in [4.69, 9.17) is 28.6 Å². The van der Waals surface area contributed by atoms with E-state index in [1.165, 1.54) is 0 Å². The molecule has 0 aromatic heterocycles. The van der Waals surface area contributed by atoms with Crippen molar-refractivity contribution in [2.75, 3.05) is 65.7 Å². The lowest BCUT2D eigenvalue weighted by atomic mass is 10.00. The molecule has 0 amide bonds. The van der Waals surface area contributed by atoms with Crippen molar-refractivity contribution < 1.29 is 28.6 Å². The smallest absolute Gasteiger partial charge is 0.328 e. The summed E-state index contributed by atoms with van der Waals surface area (Å²) in [4.78, 5) is 43.3. The Balaban J connectivity index is 1.94. The first kappa shape index (κ1) is 23.8. The molecule has 4 N–H and O–H groups in total. The van der Waals surface area contributed by atoms with Gasteiger partial charge in [0, 0.05) is 19.6 Å². The van der Waals surface area contributed by atoms with Gasteiger partial charge >= 0.3 is 17.2 Å². The van der Waals surface area contributed by atoms with Crippen molar-refractivity contribution in [3.8, 4) is 0 Å². The van der Waals surface area contributed by atoms with Crippen LogP contribution in [0.1, 0.15) is 32.1 Å². The molecule has 2 fully saturated rings. The molecule has 2 heterocycles. The highest BCUT2D eigenvalue weighted by Gasteiger charge is 2.19. The zero-order chi connectivity index (χ0) is 19.5. The molecule has 2 saturated heterocycles. The highest BCUT2D eigenvalue weighted by molar-refractivity contribution is 7.39. The van der Waals surface area contributed by atoms with Gasteiger partial charge in [0.05, 0.1) is 6.61 Å². The van der Waals surface area contributed by atoms with Gasteiger partial charge in [-0.3, -0.25) is 9.42 Å². The molecule has 27 heavy (non-hydrogen) atoms. The normalized spacial score (nSPS) is 29.8. The monoisotopic (exact) mass is 427 g/mol. The highest BCUT2D eigenvalue weighted by Crippen LogP contribution is 2.28. The van der Waals surface area contributed by atoms with E-state index in [0.717, 1.165) is 84.5 Å². The Kier molecular flexibility index (Phi) is 12.0. The minimum Gasteiger partial charge on any atom is -0.328 e. The number of fused-ring (bicyclic) bond motifs is 4. The number of hydrogen-bond acceptors (Lipinski definition) is 9. The van der Waals surface area contributed by atoms with Gasteiger partial charge in [-0.15, -0.1) is 0 Å². The zero-order valence-electron chi connectivity index (χ0n) is 16.0. The van der Waals surface area contributed by atoms with Crippen molar-refractivity contribution in [2.45, 2.75) is 32.1 Å². The molecule has 2 aliphatic rings. The van der Waals surface area contributed by atoms with Crippen molar-refractivity contribution in [1.29, 1.82) is 0 Å². The summed E-state index contributed by atoms with van der Waals surface area (Å²) < 4.78 is 10.1. The van der Waals surface area contributed by atoms with E-state index >= 15 is 0 Å². The quantitative estimate of drug-likeness (QED) is 0.460. The molecule has 0 spiro atoms. The first-order valence-electron chi connectivity index (χ1n) is 9.81. The number of hydrogen-bond donors (Lipinski definition) is 4. The predicted molar refractivity (Wildman–Crippen MR) is 106 cm³/mol. The zero-order valence-corrected chi connectivity index (χ0v) is 17.8. The van der Waals surface area contributed by atoms with Crippen molar-refractivity contribution >= 4 is 17.2 Å². The average molecular weight is 427 g/mol. The Hall–Kier alpha value is 0.500. The SMILES string of the molecule is OP(O)OCC1CCCN2CCCN(CCCN(COP(O)O)CC2)CC1. The van der Waals surface area contributed by atoms with Crippen LogP contribution in [-0.2, 0) is 9.05 Å². The molecule has 160 valence electrons. The fraction of sp³-hybridized carbons (Fsp3) is 1.00. The first-order valence-corrected chi connectivity index (χ1v) is 12.1. The Morgan fingerprint density at radius 2 is 1.30 bits per heavy atom. The van der Waals surface area contributed by atoms with Crippen LogP contribution in [0.3, 0.4) is 0 Å². The van der Waals surface area contributed by atoms with Crippen LogP contribution < -0.4 is 0 Å². The van der Waals surface area contributed by atoms with Gasteiger partial charge in [0.2, 0.25) is 0 Å². The second-order valence-corrected chi connectivity index (χ2v) is 8.89. The van der Waals surface area contributed by atoms with E-state index in [1.807, 2.05) is 0 Å². The van der Waals surface area contributed by atoms with Crippen LogP contribution in [0.25, 0.3) is 0 Å². The fourth-order valence-electron chi connectivity index (χ4n) is 3.82. The van der Waals surface area contributed by atoms with E-state index in [0.29, 0.717) is 12.5 Å². The molecule has 2 rings (SSSR count). The van der Waals surface area contributed by atoms with Gasteiger partial charge in [-0.1, -0.05) is 0 Å². The van der Waals surface area contributed by atoms with Gasteiger partial charge in [0.15, 0.2) is 0 Å². The maximum atomic E-state index is 9.05. The van der Waals surface area contributed by atoms with E-state index in [2.05, 4.69) is 14.7 Å². The molecular weight excluding hydrogens is 392 g/mol. The Bertz CT molecular complexity index is 363. The number of nitrogens with zero attached hydrogens (tertiary/aromatic N) is 3. The fourth-order valence-corrected chi connectivity index (χ4v) is 4.43. The van der Waals surface area contributed by atoms with E-state index in [1.54, 1.807) is 0 Å². The molecule has 0 aromatic carbocycles. The summed E-state index contributed by atoms with van der Waals surface area (Å²) in [6.45, 7) is 8.52. The van der Waals surface area contributed by atoms with E-state index in [-0.39, 0.29) is 6.73 Å². The minimum atomic E-state index is -2.31. The maximum Gasteiger partial charge on any atom is 0.328 e. The summed E-state index contributed by atoms with van der Waals surface area (Å²) in [5.74, 6) is 0.359. The predicted octanol–water partition coefficient (Wildman–Crippen LogP) is 0.900. The van der Waals surface area contributed by atoms with Gasteiger partial charge < -0.3 is 33.9 Å². The third-order valence-electron chi connectivity index (χ3n) is 5.35. The highest BCUT2D eigenvalue weighted by atomic mass is 31.2. The lowest BCUT2D eigenvalue weighted by Crippen LogP contribution is -2.37. The molecule has 3 unspecified atom stereocenters. The Labute approximate surface area is 164 Å². The average Bonchev–Trinajstić information content (AvgIpc) is 2.69. The molecule has 9 nitrogen and oxygen atoms in total. The van der Waals surface area contributed by atoms with E-state index < -0.39 is 17.2 Å². The van der Waals surface area contributed by atoms with Crippen molar-refractivity contribution in [2.24, 2.45) is 5.92 Å². The number of rotatable bonds is 6. The van der Waals surface area contributed by atoms with Crippen LogP contribution in [-0.4, -0.2) is 100.0 Å². The second-order valence-electron chi connectivity index (χ2n) is 7.36. The third-order valence-corrected chi connectivity index (χ3v) is 6.08. The molecular formula is C16H35N3O6P2. The van der Waals surface area contributed by atoms with Gasteiger partial charge in [-0.05, 0) is 70.7 Å². The molecule has 2 aliphatic heterocycles. The summed E-state index contributed by atoms with van der Waals surface area (Å²) in [6.07, 6.45) is 5.26. The topological polar surface area (TPSA) is 109 Å². The van der Waals surface area contributed by atoms with Gasteiger partial charge in [0.1, 0.15) is 6.73 Å². The maximum absolute atomic E-state index is 9.05. The van der Waals surface area contributed by atoms with Crippen molar-refractivity contribution in [3.05, 3.63) is 0 Å². The van der Waals surface area contributed by atoms with Crippen LogP contribution in [0.4, 0.5) is 0 Å². The largest absolute Gasteiger partial charge is 0.328 e. The summed E-state index contributed by atoms with van der Waals surface area (Å²) >= 11 is 0. The summed E-state index contributed by atoms with van der Waals surface area (Å²) in [7, 11) is -4.58. The summed E-state index contributed by atoms with van der Waals surface area (Å²) in [5.41, 5.74) is 0. The summed E-state index contributed by atoms with van der Waals surface area (Å²) in [6, 6.07) is 0. The van der Waals surface area contributed by atoms with Crippen LogP contribution >= 0.6 is 17.2 Å². The molecule has 0 radical (unpaired) electrons. The van der Waals surface area contributed by atoms with Gasteiger partial charge in [-0.25, -0.2) is 0 Å². The Morgan fingerprint density at radius 1 is 0.667 bits per heavy atom. The second kappa shape index (κ2) is 13.7. The molecule has 11 heteroatoms. The molecule has 0 saturated carbocycles. The molecule has 0 aliphatic carbocycles. The van der Waals surface area contributed by atoms with Crippen LogP contribution in [0, 0.1) is 5.92 Å². The molecule has 2 bridgehead atoms. The van der Waals surface area contributed by atoms with Crippen LogP contribution in [0.15, 0.2) is 0 Å². The molecule has 0 aromatic rings. The van der Waals surface area contributed by atoms with Crippen LogP contribution in [0.5, 0.6) is 0 Å². The standard InChI is InChI=1S/C16H35N3O6P2/c20-26(21)24-14-16-4-1-6-18-9-2-7-17(11-5-16)8-3-10-19(13-12-18)15-25-27(22)23/h16,20-23H,1-15H2. The first-order chi connectivity index (χ1) is 13.0. The van der Waals surface area contributed by atoms with Crippen molar-refractivity contribution in [3.63, 3.8) is 0 Å².